The molecule has 0 saturated heterocycles. The number of halogens is 1. The van der Waals surface area contributed by atoms with Crippen molar-refractivity contribution < 1.29 is 14.3 Å². The van der Waals surface area contributed by atoms with Gasteiger partial charge in [-0.25, -0.2) is 9.78 Å². The van der Waals surface area contributed by atoms with Gasteiger partial charge in [0.1, 0.15) is 6.10 Å². The predicted molar refractivity (Wildman–Crippen MR) is 120 cm³/mol. The number of nitrogens with one attached hydrogen (secondary N) is 1. The van der Waals surface area contributed by atoms with Crippen LogP contribution in [0.2, 0.25) is 0 Å². The number of benzene rings is 3. The smallest absolute Gasteiger partial charge is 0.339 e. The number of anilines is 1. The van der Waals surface area contributed by atoms with Crippen LogP contribution in [-0.2, 0) is 11.2 Å². The van der Waals surface area contributed by atoms with E-state index in [2.05, 4.69) is 26.2 Å². The van der Waals surface area contributed by atoms with E-state index in [4.69, 9.17) is 4.74 Å². The van der Waals surface area contributed by atoms with Crippen molar-refractivity contribution in [3.8, 4) is 0 Å². The van der Waals surface area contributed by atoms with Crippen molar-refractivity contribution >= 4 is 54.5 Å². The third-order valence-electron chi connectivity index (χ3n) is 4.98. The summed E-state index contributed by atoms with van der Waals surface area (Å²) in [6.07, 6.45) is 0.175. The summed E-state index contributed by atoms with van der Waals surface area (Å²) in [5, 5.41) is 3.40. The molecule has 0 fully saturated rings. The Hall–Kier alpha value is -3.03. The molecular weight excluding hydrogens is 464 g/mol. The number of cyclic esters (lactones) is 1. The van der Waals surface area contributed by atoms with Gasteiger partial charge in [-0.2, -0.15) is 0 Å². The zero-order valence-corrected chi connectivity index (χ0v) is 18.0. The molecule has 4 aromatic rings. The topological polar surface area (TPSA) is 68.3 Å². The molecule has 3 aromatic carbocycles. The van der Waals surface area contributed by atoms with Gasteiger partial charge in [0, 0.05) is 16.5 Å². The van der Waals surface area contributed by atoms with E-state index in [-0.39, 0.29) is 18.0 Å². The number of nitrogens with zero attached hydrogens (tertiary/aromatic N) is 1. The van der Waals surface area contributed by atoms with E-state index < -0.39 is 0 Å². The molecule has 0 saturated carbocycles. The fourth-order valence-electron chi connectivity index (χ4n) is 3.51. The van der Waals surface area contributed by atoms with Crippen molar-refractivity contribution in [2.75, 3.05) is 5.32 Å². The first kappa shape index (κ1) is 19.0. The highest BCUT2D eigenvalue weighted by atomic mass is 79.9. The van der Waals surface area contributed by atoms with E-state index >= 15 is 0 Å². The molecule has 0 spiro atoms. The van der Waals surface area contributed by atoms with Crippen LogP contribution in [0, 0.1) is 0 Å². The Balaban J connectivity index is 1.40. The molecule has 5 rings (SSSR count). The van der Waals surface area contributed by atoms with Crippen LogP contribution in [0.5, 0.6) is 0 Å². The van der Waals surface area contributed by atoms with Crippen molar-refractivity contribution in [3.63, 3.8) is 0 Å². The molecule has 5 nitrogen and oxygen atoms in total. The highest BCUT2D eigenvalue weighted by molar-refractivity contribution is 9.10. The van der Waals surface area contributed by atoms with Crippen LogP contribution in [0.1, 0.15) is 37.9 Å². The van der Waals surface area contributed by atoms with Crippen LogP contribution in [-0.4, -0.2) is 16.9 Å². The molecule has 1 aliphatic rings. The van der Waals surface area contributed by atoms with Gasteiger partial charge in [-0.1, -0.05) is 57.6 Å². The van der Waals surface area contributed by atoms with Crippen molar-refractivity contribution in [1.29, 1.82) is 0 Å². The molecule has 0 bridgehead atoms. The fourth-order valence-corrected chi connectivity index (χ4v) is 4.92. The number of amides is 1. The molecule has 7 heteroatoms. The van der Waals surface area contributed by atoms with Crippen molar-refractivity contribution in [1.82, 2.24) is 4.98 Å². The van der Waals surface area contributed by atoms with Crippen molar-refractivity contribution in [2.45, 2.75) is 12.5 Å². The quantitative estimate of drug-likeness (QED) is 0.379. The monoisotopic (exact) mass is 478 g/mol. The molecule has 1 atom stereocenters. The van der Waals surface area contributed by atoms with Gasteiger partial charge in [-0.15, -0.1) is 0 Å². The minimum absolute atomic E-state index is 0.258. The van der Waals surface area contributed by atoms with E-state index in [1.807, 2.05) is 48.5 Å². The SMILES string of the molecule is O=C(Nc1nc2ccc(Br)cc2s1)c1ccc2c(c1)C[C@@H](c1ccccc1)OC2=O. The van der Waals surface area contributed by atoms with Gasteiger partial charge in [-0.3, -0.25) is 10.1 Å². The zero-order valence-electron chi connectivity index (χ0n) is 15.6. The van der Waals surface area contributed by atoms with E-state index in [1.165, 1.54) is 11.3 Å². The summed E-state index contributed by atoms with van der Waals surface area (Å²) in [4.78, 5) is 29.7. The summed E-state index contributed by atoms with van der Waals surface area (Å²) in [5.41, 5.74) is 3.56. The lowest BCUT2D eigenvalue weighted by atomic mass is 9.93. The summed E-state index contributed by atoms with van der Waals surface area (Å²) in [6, 6.07) is 20.5. The van der Waals surface area contributed by atoms with Crippen LogP contribution in [0.3, 0.4) is 0 Å². The standard InChI is InChI=1S/C23H15BrN2O3S/c24-16-7-9-18-20(12-16)30-23(25-18)26-21(27)14-6-8-17-15(10-14)11-19(29-22(17)28)13-4-2-1-3-5-13/h1-10,12,19H,11H2,(H,25,26,27)/t19-/m0/s1. The summed E-state index contributed by atoms with van der Waals surface area (Å²) in [6.45, 7) is 0. The summed E-state index contributed by atoms with van der Waals surface area (Å²) in [7, 11) is 0. The molecule has 1 N–H and O–H groups in total. The van der Waals surface area contributed by atoms with Crippen LogP contribution in [0.4, 0.5) is 5.13 Å². The average molecular weight is 479 g/mol. The van der Waals surface area contributed by atoms with E-state index in [0.29, 0.717) is 22.7 Å². The molecule has 2 heterocycles. The number of esters is 1. The Bertz CT molecular complexity index is 1290. The number of carbonyl (C=O) groups is 2. The molecule has 0 radical (unpaired) electrons. The number of ether oxygens (including phenoxy) is 1. The van der Waals surface area contributed by atoms with E-state index in [9.17, 15) is 9.59 Å². The molecule has 1 aliphatic heterocycles. The first-order valence-electron chi connectivity index (χ1n) is 9.33. The average Bonchev–Trinajstić information content (AvgIpc) is 3.15. The Kier molecular flexibility index (Phi) is 4.84. The molecule has 1 amide bonds. The van der Waals surface area contributed by atoms with Gasteiger partial charge in [0.2, 0.25) is 0 Å². The Morgan fingerprint density at radius 1 is 1.10 bits per heavy atom. The minimum Gasteiger partial charge on any atom is -0.454 e. The molecule has 148 valence electrons. The maximum absolute atomic E-state index is 12.8. The second-order valence-electron chi connectivity index (χ2n) is 6.97. The predicted octanol–water partition coefficient (Wildman–Crippen LogP) is 5.77. The van der Waals surface area contributed by atoms with Crippen molar-refractivity contribution in [2.24, 2.45) is 0 Å². The second kappa shape index (κ2) is 7.66. The summed E-state index contributed by atoms with van der Waals surface area (Å²) in [5.74, 6) is -0.625. The van der Waals surface area contributed by atoms with Crippen LogP contribution in [0.25, 0.3) is 10.2 Å². The fraction of sp³-hybridized carbons (Fsp3) is 0.0870. The largest absolute Gasteiger partial charge is 0.454 e. The van der Waals surface area contributed by atoms with Crippen LogP contribution < -0.4 is 5.32 Å². The minimum atomic E-state index is -0.367. The lowest BCUT2D eigenvalue weighted by Crippen LogP contribution is -2.23. The van der Waals surface area contributed by atoms with Gasteiger partial charge in [-0.05, 0) is 47.5 Å². The number of fused-ring (bicyclic) bond motifs is 2. The molecule has 30 heavy (non-hydrogen) atoms. The molecule has 0 aliphatic carbocycles. The maximum Gasteiger partial charge on any atom is 0.339 e. The lowest BCUT2D eigenvalue weighted by molar-refractivity contribution is 0.0252. The van der Waals surface area contributed by atoms with Gasteiger partial charge in [0.25, 0.3) is 5.91 Å². The normalized spacial score (nSPS) is 15.5. The van der Waals surface area contributed by atoms with Crippen LogP contribution in [0.15, 0.2) is 71.2 Å². The number of thiazole rings is 1. The van der Waals surface area contributed by atoms with Crippen LogP contribution >= 0.6 is 27.3 Å². The number of hydrogen-bond acceptors (Lipinski definition) is 5. The number of aromatic nitrogens is 1. The highest BCUT2D eigenvalue weighted by Crippen LogP contribution is 2.32. The molecule has 0 unspecified atom stereocenters. The highest BCUT2D eigenvalue weighted by Gasteiger charge is 2.28. The number of carbonyl (C=O) groups excluding carboxylic acids is 2. The third kappa shape index (κ3) is 3.62. The Morgan fingerprint density at radius 2 is 1.93 bits per heavy atom. The van der Waals surface area contributed by atoms with Crippen molar-refractivity contribution in [3.05, 3.63) is 93.5 Å². The molecule has 1 aromatic heterocycles. The first-order valence-corrected chi connectivity index (χ1v) is 10.9. The maximum atomic E-state index is 12.8. The lowest BCUT2D eigenvalue weighted by Gasteiger charge is -2.25. The van der Waals surface area contributed by atoms with Gasteiger partial charge in [0.05, 0.1) is 15.8 Å². The summed E-state index contributed by atoms with van der Waals surface area (Å²) < 4.78 is 7.54. The zero-order chi connectivity index (χ0) is 20.7. The van der Waals surface area contributed by atoms with Gasteiger partial charge >= 0.3 is 5.97 Å². The third-order valence-corrected chi connectivity index (χ3v) is 6.41. The number of rotatable bonds is 3. The second-order valence-corrected chi connectivity index (χ2v) is 8.91. The van der Waals surface area contributed by atoms with Gasteiger partial charge < -0.3 is 4.74 Å². The van der Waals surface area contributed by atoms with E-state index in [0.717, 1.165) is 25.8 Å². The molecular formula is C23H15BrN2O3S. The van der Waals surface area contributed by atoms with E-state index in [1.54, 1.807) is 18.2 Å². The Labute approximate surface area is 184 Å². The summed E-state index contributed by atoms with van der Waals surface area (Å²) >= 11 is 4.86. The number of hydrogen-bond donors (Lipinski definition) is 1. The first-order chi connectivity index (χ1) is 14.6. The Morgan fingerprint density at radius 3 is 2.77 bits per heavy atom. The van der Waals surface area contributed by atoms with Gasteiger partial charge in [0.15, 0.2) is 5.13 Å².